The van der Waals surface area contributed by atoms with Crippen LogP contribution in [-0.2, 0) is 4.79 Å². The third kappa shape index (κ3) is 4.07. The van der Waals surface area contributed by atoms with Crippen molar-refractivity contribution in [2.45, 2.75) is 51.6 Å². The van der Waals surface area contributed by atoms with Gasteiger partial charge in [-0.05, 0) is 24.8 Å². The minimum absolute atomic E-state index is 0.205. The highest BCUT2D eigenvalue weighted by Gasteiger charge is 2.23. The molecule has 110 valence electrons. The summed E-state index contributed by atoms with van der Waals surface area (Å²) < 4.78 is 0. The standard InChI is InChI=1S/C17H26N2O/c1-3-7-17(15-8-5-4-6-9-15)18-16-10-12-19(13-11-16)14(2)20/h4-6,8-9,16-18H,3,7,10-13H2,1-2H3. The fourth-order valence-electron chi connectivity index (χ4n) is 2.97. The Bertz CT molecular complexity index is 410. The first kappa shape index (κ1) is 15.0. The lowest BCUT2D eigenvalue weighted by Gasteiger charge is -2.34. The zero-order valence-electron chi connectivity index (χ0n) is 12.6. The van der Waals surface area contributed by atoms with E-state index in [2.05, 4.69) is 42.6 Å². The summed E-state index contributed by atoms with van der Waals surface area (Å²) in [6.07, 6.45) is 4.47. The molecule has 1 saturated heterocycles. The summed E-state index contributed by atoms with van der Waals surface area (Å²) in [7, 11) is 0. The Kier molecular flexibility index (Phi) is 5.60. The van der Waals surface area contributed by atoms with Crippen LogP contribution in [0.5, 0.6) is 0 Å². The molecule has 1 aliphatic heterocycles. The van der Waals surface area contributed by atoms with Crippen molar-refractivity contribution in [2.24, 2.45) is 0 Å². The fraction of sp³-hybridized carbons (Fsp3) is 0.588. The quantitative estimate of drug-likeness (QED) is 0.894. The number of carbonyl (C=O) groups is 1. The molecule has 0 radical (unpaired) electrons. The van der Waals surface area contributed by atoms with E-state index < -0.39 is 0 Å². The van der Waals surface area contributed by atoms with Gasteiger partial charge in [-0.3, -0.25) is 4.79 Å². The highest BCUT2D eigenvalue weighted by atomic mass is 16.2. The summed E-state index contributed by atoms with van der Waals surface area (Å²) in [5.74, 6) is 0.205. The Morgan fingerprint density at radius 2 is 1.95 bits per heavy atom. The van der Waals surface area contributed by atoms with Gasteiger partial charge in [0.1, 0.15) is 0 Å². The molecule has 1 atom stereocenters. The van der Waals surface area contributed by atoms with E-state index in [-0.39, 0.29) is 5.91 Å². The maximum atomic E-state index is 11.4. The molecule has 1 heterocycles. The molecule has 0 spiro atoms. The summed E-state index contributed by atoms with van der Waals surface area (Å²) in [5, 5.41) is 3.79. The van der Waals surface area contributed by atoms with E-state index in [1.807, 2.05) is 4.90 Å². The first-order chi connectivity index (χ1) is 9.70. The third-order valence-electron chi connectivity index (χ3n) is 4.16. The fourth-order valence-corrected chi connectivity index (χ4v) is 2.97. The van der Waals surface area contributed by atoms with Gasteiger partial charge in [0, 0.05) is 32.1 Å². The SMILES string of the molecule is CCCC(NC1CCN(C(C)=O)CC1)c1ccccc1. The van der Waals surface area contributed by atoms with Gasteiger partial charge in [0.05, 0.1) is 0 Å². The predicted molar refractivity (Wildman–Crippen MR) is 82.5 cm³/mol. The summed E-state index contributed by atoms with van der Waals surface area (Å²) in [6.45, 7) is 5.68. The topological polar surface area (TPSA) is 32.3 Å². The zero-order valence-corrected chi connectivity index (χ0v) is 12.6. The van der Waals surface area contributed by atoms with E-state index in [1.54, 1.807) is 6.92 Å². The second-order valence-corrected chi connectivity index (χ2v) is 5.70. The summed E-state index contributed by atoms with van der Waals surface area (Å²) in [6, 6.07) is 11.7. The summed E-state index contributed by atoms with van der Waals surface area (Å²) >= 11 is 0. The van der Waals surface area contributed by atoms with Crippen molar-refractivity contribution in [1.82, 2.24) is 10.2 Å². The van der Waals surface area contributed by atoms with E-state index in [4.69, 9.17) is 0 Å². The van der Waals surface area contributed by atoms with Crippen molar-refractivity contribution >= 4 is 5.91 Å². The van der Waals surface area contributed by atoms with Crippen LogP contribution in [0.25, 0.3) is 0 Å². The largest absolute Gasteiger partial charge is 0.343 e. The highest BCUT2D eigenvalue weighted by Crippen LogP contribution is 2.21. The predicted octanol–water partition coefficient (Wildman–Crippen LogP) is 3.13. The molecule has 1 aromatic carbocycles. The minimum Gasteiger partial charge on any atom is -0.343 e. The molecular weight excluding hydrogens is 248 g/mol. The number of nitrogens with one attached hydrogen (secondary N) is 1. The lowest BCUT2D eigenvalue weighted by molar-refractivity contribution is -0.129. The number of hydrogen-bond acceptors (Lipinski definition) is 2. The number of piperidine rings is 1. The van der Waals surface area contributed by atoms with Crippen molar-refractivity contribution in [1.29, 1.82) is 0 Å². The molecule has 0 saturated carbocycles. The molecule has 1 aliphatic rings. The molecule has 0 aliphatic carbocycles. The van der Waals surface area contributed by atoms with Gasteiger partial charge in [-0.1, -0.05) is 43.7 Å². The van der Waals surface area contributed by atoms with Crippen LogP contribution in [0, 0.1) is 0 Å². The Morgan fingerprint density at radius 3 is 2.50 bits per heavy atom. The second kappa shape index (κ2) is 7.44. The smallest absolute Gasteiger partial charge is 0.219 e. The summed E-state index contributed by atoms with van der Waals surface area (Å²) in [4.78, 5) is 13.3. The third-order valence-corrected chi connectivity index (χ3v) is 4.16. The molecule has 1 fully saturated rings. The normalized spacial score (nSPS) is 18.0. The Balaban J connectivity index is 1.91. The number of amides is 1. The lowest BCUT2D eigenvalue weighted by atomic mass is 9.98. The maximum Gasteiger partial charge on any atom is 0.219 e. The average Bonchev–Trinajstić information content (AvgIpc) is 2.48. The maximum absolute atomic E-state index is 11.4. The Hall–Kier alpha value is -1.35. The first-order valence-corrected chi connectivity index (χ1v) is 7.77. The number of carbonyl (C=O) groups excluding carboxylic acids is 1. The number of hydrogen-bond donors (Lipinski definition) is 1. The molecule has 1 N–H and O–H groups in total. The van der Waals surface area contributed by atoms with Gasteiger partial charge >= 0.3 is 0 Å². The number of likely N-dealkylation sites (tertiary alicyclic amines) is 1. The van der Waals surface area contributed by atoms with Gasteiger partial charge < -0.3 is 10.2 Å². The van der Waals surface area contributed by atoms with E-state index in [1.165, 1.54) is 12.0 Å². The molecule has 2 rings (SSSR count). The van der Waals surface area contributed by atoms with Crippen LogP contribution in [0.4, 0.5) is 0 Å². The van der Waals surface area contributed by atoms with Crippen molar-refractivity contribution in [3.63, 3.8) is 0 Å². The van der Waals surface area contributed by atoms with Crippen LogP contribution < -0.4 is 5.32 Å². The van der Waals surface area contributed by atoms with E-state index in [9.17, 15) is 4.79 Å². The van der Waals surface area contributed by atoms with Crippen molar-refractivity contribution < 1.29 is 4.79 Å². The van der Waals surface area contributed by atoms with E-state index in [0.717, 1.165) is 32.4 Å². The molecule has 0 aromatic heterocycles. The molecule has 1 aromatic rings. The molecule has 20 heavy (non-hydrogen) atoms. The van der Waals surface area contributed by atoms with Gasteiger partial charge in [0.25, 0.3) is 0 Å². The van der Waals surface area contributed by atoms with Crippen LogP contribution in [-0.4, -0.2) is 29.9 Å². The van der Waals surface area contributed by atoms with Crippen LogP contribution in [0.15, 0.2) is 30.3 Å². The van der Waals surface area contributed by atoms with Crippen LogP contribution in [0.1, 0.15) is 51.1 Å². The Labute approximate surface area is 122 Å². The molecule has 0 bridgehead atoms. The average molecular weight is 274 g/mol. The highest BCUT2D eigenvalue weighted by molar-refractivity contribution is 5.73. The minimum atomic E-state index is 0.205. The first-order valence-electron chi connectivity index (χ1n) is 7.77. The van der Waals surface area contributed by atoms with Crippen LogP contribution in [0.3, 0.4) is 0 Å². The summed E-state index contributed by atoms with van der Waals surface area (Å²) in [5.41, 5.74) is 1.38. The molecule has 1 unspecified atom stereocenters. The Morgan fingerprint density at radius 1 is 1.30 bits per heavy atom. The number of nitrogens with zero attached hydrogens (tertiary/aromatic N) is 1. The monoisotopic (exact) mass is 274 g/mol. The molecule has 3 heteroatoms. The molecule has 1 amide bonds. The van der Waals surface area contributed by atoms with Gasteiger partial charge in [0.2, 0.25) is 5.91 Å². The van der Waals surface area contributed by atoms with Crippen molar-refractivity contribution in [3.05, 3.63) is 35.9 Å². The number of rotatable bonds is 5. The van der Waals surface area contributed by atoms with E-state index >= 15 is 0 Å². The van der Waals surface area contributed by atoms with Gasteiger partial charge in [-0.2, -0.15) is 0 Å². The van der Waals surface area contributed by atoms with Crippen LogP contribution in [0.2, 0.25) is 0 Å². The second-order valence-electron chi connectivity index (χ2n) is 5.70. The number of benzene rings is 1. The van der Waals surface area contributed by atoms with E-state index in [0.29, 0.717) is 12.1 Å². The molecule has 3 nitrogen and oxygen atoms in total. The van der Waals surface area contributed by atoms with Crippen molar-refractivity contribution in [3.8, 4) is 0 Å². The van der Waals surface area contributed by atoms with Gasteiger partial charge in [0.15, 0.2) is 0 Å². The van der Waals surface area contributed by atoms with Gasteiger partial charge in [-0.15, -0.1) is 0 Å². The lowest BCUT2D eigenvalue weighted by Crippen LogP contribution is -2.45. The molecular formula is C17H26N2O. The van der Waals surface area contributed by atoms with Crippen molar-refractivity contribution in [2.75, 3.05) is 13.1 Å². The zero-order chi connectivity index (χ0) is 14.4. The van der Waals surface area contributed by atoms with Crippen LogP contribution >= 0.6 is 0 Å². The van der Waals surface area contributed by atoms with Gasteiger partial charge in [-0.25, -0.2) is 0 Å².